The first-order valence-corrected chi connectivity index (χ1v) is 5.46. The average Bonchev–Trinajstić information content (AvgIpc) is 2.55. The molecule has 0 aliphatic rings. The first-order valence-electron chi connectivity index (χ1n) is 5.09. The van der Waals surface area contributed by atoms with Crippen LogP contribution in [0.15, 0.2) is 18.2 Å². The highest BCUT2D eigenvalue weighted by molar-refractivity contribution is 6.34. The summed E-state index contributed by atoms with van der Waals surface area (Å²) in [5.41, 5.74) is 1.73. The van der Waals surface area contributed by atoms with Crippen molar-refractivity contribution in [2.75, 3.05) is 13.6 Å². The maximum atomic E-state index is 10.0. The van der Waals surface area contributed by atoms with E-state index in [-0.39, 0.29) is 0 Å². The number of aliphatic hydroxyl groups excluding tert-OH is 1. The van der Waals surface area contributed by atoms with E-state index >= 15 is 0 Å². The van der Waals surface area contributed by atoms with E-state index in [0.717, 1.165) is 16.5 Å². The Hall–Kier alpha value is -1.10. The number of halogens is 1. The van der Waals surface area contributed by atoms with Crippen molar-refractivity contribution in [2.45, 2.75) is 6.10 Å². The van der Waals surface area contributed by atoms with Crippen LogP contribution in [-0.2, 0) is 7.05 Å². The Kier molecular flexibility index (Phi) is 3.14. The zero-order chi connectivity index (χ0) is 11.7. The summed E-state index contributed by atoms with van der Waals surface area (Å²) in [6, 6.07) is 5.67. The summed E-state index contributed by atoms with van der Waals surface area (Å²) >= 11 is 6.00. The van der Waals surface area contributed by atoms with Crippen LogP contribution < -0.4 is 5.32 Å². The lowest BCUT2D eigenvalue weighted by Gasteiger charge is -2.12. The molecule has 4 nitrogen and oxygen atoms in total. The molecule has 0 aliphatic carbocycles. The Morgan fingerprint density at radius 3 is 3.00 bits per heavy atom. The Balaban J connectivity index is 2.61. The number of hydrogen-bond acceptors (Lipinski definition) is 3. The van der Waals surface area contributed by atoms with E-state index in [4.69, 9.17) is 11.6 Å². The molecule has 0 spiro atoms. The number of fused-ring (bicyclic) bond motifs is 1. The molecule has 0 saturated heterocycles. The van der Waals surface area contributed by atoms with E-state index in [1.807, 2.05) is 25.2 Å². The van der Waals surface area contributed by atoms with Gasteiger partial charge in [-0.15, -0.1) is 0 Å². The summed E-state index contributed by atoms with van der Waals surface area (Å²) in [6.07, 6.45) is -0.555. The maximum Gasteiger partial charge on any atom is 0.158 e. The largest absolute Gasteiger partial charge is 0.387 e. The smallest absolute Gasteiger partial charge is 0.158 e. The lowest BCUT2D eigenvalue weighted by atomic mass is 10.1. The van der Waals surface area contributed by atoms with Crippen LogP contribution in [0.3, 0.4) is 0 Å². The molecule has 2 aromatic rings. The molecule has 0 aliphatic heterocycles. The van der Waals surface area contributed by atoms with Crippen molar-refractivity contribution in [3.63, 3.8) is 0 Å². The highest BCUT2D eigenvalue weighted by Gasteiger charge is 2.15. The SMILES string of the molecule is CNCC(O)c1cccc2c(Cl)nn(C)c12. The van der Waals surface area contributed by atoms with Gasteiger partial charge in [-0.25, -0.2) is 0 Å². The third-order valence-electron chi connectivity index (χ3n) is 2.61. The topological polar surface area (TPSA) is 50.1 Å². The van der Waals surface area contributed by atoms with Crippen LogP contribution >= 0.6 is 11.6 Å². The number of aromatic nitrogens is 2. The van der Waals surface area contributed by atoms with Gasteiger partial charge >= 0.3 is 0 Å². The molecule has 1 atom stereocenters. The van der Waals surface area contributed by atoms with Crippen LogP contribution in [0.1, 0.15) is 11.7 Å². The third kappa shape index (κ3) is 1.80. The summed E-state index contributed by atoms with van der Waals surface area (Å²) in [5.74, 6) is 0. The Morgan fingerprint density at radius 1 is 1.56 bits per heavy atom. The van der Waals surface area contributed by atoms with Gasteiger partial charge in [0.2, 0.25) is 0 Å². The van der Waals surface area contributed by atoms with Crippen LogP contribution in [-0.4, -0.2) is 28.5 Å². The Morgan fingerprint density at radius 2 is 2.31 bits per heavy atom. The minimum absolute atomic E-state index is 0.469. The second-order valence-corrected chi connectivity index (χ2v) is 4.09. The number of hydrogen-bond donors (Lipinski definition) is 2. The monoisotopic (exact) mass is 239 g/mol. The first kappa shape index (κ1) is 11.4. The van der Waals surface area contributed by atoms with Gasteiger partial charge in [0.25, 0.3) is 0 Å². The number of nitrogens with one attached hydrogen (secondary N) is 1. The lowest BCUT2D eigenvalue weighted by molar-refractivity contribution is 0.179. The molecule has 0 radical (unpaired) electrons. The van der Waals surface area contributed by atoms with E-state index in [2.05, 4.69) is 10.4 Å². The number of benzene rings is 1. The molecule has 2 N–H and O–H groups in total. The number of likely N-dealkylation sites (N-methyl/N-ethyl adjacent to an activating group) is 1. The number of rotatable bonds is 3. The van der Waals surface area contributed by atoms with Crippen LogP contribution in [0, 0.1) is 0 Å². The van der Waals surface area contributed by atoms with Gasteiger partial charge in [-0.2, -0.15) is 5.10 Å². The molecule has 86 valence electrons. The minimum Gasteiger partial charge on any atom is -0.387 e. The molecule has 16 heavy (non-hydrogen) atoms. The second kappa shape index (κ2) is 4.41. The van der Waals surface area contributed by atoms with E-state index in [0.29, 0.717) is 11.7 Å². The highest BCUT2D eigenvalue weighted by atomic mass is 35.5. The summed E-state index contributed by atoms with van der Waals surface area (Å²) in [6.45, 7) is 0.502. The van der Waals surface area contributed by atoms with Gasteiger partial charge < -0.3 is 10.4 Å². The van der Waals surface area contributed by atoms with Crippen LogP contribution in [0.4, 0.5) is 0 Å². The summed E-state index contributed by atoms with van der Waals surface area (Å²) < 4.78 is 1.70. The van der Waals surface area contributed by atoms with Gasteiger partial charge in [-0.3, -0.25) is 4.68 Å². The van der Waals surface area contributed by atoms with Crippen molar-refractivity contribution in [1.29, 1.82) is 0 Å². The number of nitrogens with zero attached hydrogens (tertiary/aromatic N) is 2. The fourth-order valence-corrected chi connectivity index (χ4v) is 2.16. The average molecular weight is 240 g/mol. The lowest BCUT2D eigenvalue weighted by Crippen LogP contribution is -2.17. The quantitative estimate of drug-likeness (QED) is 0.853. The van der Waals surface area contributed by atoms with Crippen molar-refractivity contribution in [3.8, 4) is 0 Å². The fourth-order valence-electron chi connectivity index (χ4n) is 1.90. The molecule has 0 amide bonds. The molecule has 2 rings (SSSR count). The second-order valence-electron chi connectivity index (χ2n) is 3.73. The predicted molar refractivity (Wildman–Crippen MR) is 64.6 cm³/mol. The first-order chi connectivity index (χ1) is 7.65. The standard InChI is InChI=1S/C11H14ClN3O/c1-13-6-9(16)7-4-3-5-8-10(7)15(2)14-11(8)12/h3-5,9,13,16H,6H2,1-2H3. The van der Waals surface area contributed by atoms with Crippen molar-refractivity contribution in [1.82, 2.24) is 15.1 Å². The van der Waals surface area contributed by atoms with Gasteiger partial charge in [-0.05, 0) is 13.1 Å². The van der Waals surface area contributed by atoms with Crippen LogP contribution in [0.2, 0.25) is 5.15 Å². The van der Waals surface area contributed by atoms with E-state index in [1.54, 1.807) is 11.7 Å². The molecule has 1 unspecified atom stereocenters. The van der Waals surface area contributed by atoms with E-state index in [1.165, 1.54) is 0 Å². The van der Waals surface area contributed by atoms with Gasteiger partial charge in [-0.1, -0.05) is 23.7 Å². The number of aryl methyl sites for hydroxylation is 1. The van der Waals surface area contributed by atoms with Gasteiger partial charge in [0, 0.05) is 24.5 Å². The van der Waals surface area contributed by atoms with Gasteiger partial charge in [0.1, 0.15) is 0 Å². The molecule has 5 heteroatoms. The molecule has 1 aromatic carbocycles. The number of para-hydroxylation sites is 1. The summed E-state index contributed by atoms with van der Waals surface area (Å²) in [7, 11) is 3.63. The molecule has 0 fully saturated rings. The summed E-state index contributed by atoms with van der Waals surface area (Å²) in [5, 5.41) is 18.4. The van der Waals surface area contributed by atoms with Crippen molar-refractivity contribution in [2.24, 2.45) is 7.05 Å². The van der Waals surface area contributed by atoms with Crippen LogP contribution in [0.25, 0.3) is 10.9 Å². The molecule has 1 aromatic heterocycles. The zero-order valence-corrected chi connectivity index (χ0v) is 9.99. The highest BCUT2D eigenvalue weighted by Crippen LogP contribution is 2.28. The normalized spacial score (nSPS) is 13.2. The van der Waals surface area contributed by atoms with Crippen molar-refractivity contribution in [3.05, 3.63) is 28.9 Å². The van der Waals surface area contributed by atoms with Gasteiger partial charge in [0.05, 0.1) is 11.6 Å². The molecular weight excluding hydrogens is 226 g/mol. The van der Waals surface area contributed by atoms with E-state index in [9.17, 15) is 5.11 Å². The maximum absolute atomic E-state index is 10.0. The Bertz CT molecular complexity index is 509. The molecule has 0 saturated carbocycles. The third-order valence-corrected chi connectivity index (χ3v) is 2.89. The molecular formula is C11H14ClN3O. The predicted octanol–water partition coefficient (Wildman–Crippen LogP) is 1.48. The fraction of sp³-hybridized carbons (Fsp3) is 0.364. The molecule has 0 bridgehead atoms. The zero-order valence-electron chi connectivity index (χ0n) is 9.24. The van der Waals surface area contributed by atoms with Crippen molar-refractivity contribution >= 4 is 22.5 Å². The Labute approximate surface area is 98.8 Å². The molecule has 1 heterocycles. The summed E-state index contributed by atoms with van der Waals surface area (Å²) in [4.78, 5) is 0. The van der Waals surface area contributed by atoms with Crippen molar-refractivity contribution < 1.29 is 5.11 Å². The van der Waals surface area contributed by atoms with Gasteiger partial charge in [0.15, 0.2) is 5.15 Å². The van der Waals surface area contributed by atoms with Crippen LogP contribution in [0.5, 0.6) is 0 Å². The van der Waals surface area contributed by atoms with E-state index < -0.39 is 6.10 Å². The number of aliphatic hydroxyl groups is 1. The minimum atomic E-state index is -0.555.